The Bertz CT molecular complexity index is 1290. The van der Waals surface area contributed by atoms with Crippen molar-refractivity contribution in [3.8, 4) is 0 Å². The first kappa shape index (κ1) is 57.1. The minimum Gasteiger partial charge on any atom is -0.462 e. The molecule has 0 aromatic rings. The second kappa shape index (κ2) is 48.7. The van der Waals surface area contributed by atoms with Gasteiger partial charge in [-0.3, -0.25) is 14.4 Å². The van der Waals surface area contributed by atoms with Crippen molar-refractivity contribution in [2.45, 2.75) is 207 Å². The Kier molecular flexibility index (Phi) is 45.6. The molecular formula is C55H88O6. The Balaban J connectivity index is 4.51. The zero-order valence-electron chi connectivity index (χ0n) is 39.1. The third-order valence-corrected chi connectivity index (χ3v) is 9.80. The lowest BCUT2D eigenvalue weighted by Crippen LogP contribution is -2.30. The Morgan fingerprint density at radius 2 is 0.721 bits per heavy atom. The molecule has 0 aromatic carbocycles. The van der Waals surface area contributed by atoms with Gasteiger partial charge < -0.3 is 14.2 Å². The van der Waals surface area contributed by atoms with E-state index >= 15 is 0 Å². The van der Waals surface area contributed by atoms with Crippen LogP contribution in [0.5, 0.6) is 0 Å². The predicted octanol–water partition coefficient (Wildman–Crippen LogP) is 16.0. The highest BCUT2D eigenvalue weighted by Crippen LogP contribution is 2.12. The van der Waals surface area contributed by atoms with E-state index in [1.807, 2.05) is 0 Å². The van der Waals surface area contributed by atoms with Crippen molar-refractivity contribution >= 4 is 17.9 Å². The molecule has 0 N–H and O–H groups in total. The lowest BCUT2D eigenvalue weighted by molar-refractivity contribution is -0.167. The third kappa shape index (κ3) is 47.0. The second-order valence-electron chi connectivity index (χ2n) is 15.7. The molecular weight excluding hydrogens is 757 g/mol. The van der Waals surface area contributed by atoms with E-state index in [0.717, 1.165) is 122 Å². The van der Waals surface area contributed by atoms with Crippen molar-refractivity contribution < 1.29 is 28.6 Å². The number of allylic oxidation sites excluding steroid dienone is 18. The van der Waals surface area contributed by atoms with Crippen LogP contribution in [0.3, 0.4) is 0 Å². The Morgan fingerprint density at radius 1 is 0.361 bits per heavy atom. The monoisotopic (exact) mass is 845 g/mol. The average Bonchev–Trinajstić information content (AvgIpc) is 3.26. The predicted molar refractivity (Wildman–Crippen MR) is 260 cm³/mol. The molecule has 61 heavy (non-hydrogen) atoms. The molecule has 0 aromatic heterocycles. The number of hydrogen-bond donors (Lipinski definition) is 0. The zero-order valence-corrected chi connectivity index (χ0v) is 39.1. The van der Waals surface area contributed by atoms with Crippen LogP contribution in [0.15, 0.2) is 109 Å². The third-order valence-electron chi connectivity index (χ3n) is 9.80. The standard InChI is InChI=1S/C55H88O6/c1-4-7-10-13-16-19-22-24-26-27-28-29-31-33-36-39-42-45-48-54(57)60-51-52(50-59-53(56)47-44-41-38-35-32-21-18-15-12-9-6-3)61-55(58)49-46-43-40-37-34-30-25-23-20-17-14-11-8-5-2/h8-9,11-12,17-18,20-22,24-30,35,38,52H,4-7,10,13-16,19,23,31-34,36-37,39-51H2,1-3H3/b11-8-,12-9-,20-17-,21-18-,24-22-,27-26-,29-28-,30-25-,38-35-. The Labute approximate surface area is 374 Å². The second-order valence-corrected chi connectivity index (χ2v) is 15.7. The van der Waals surface area contributed by atoms with Crippen LogP contribution in [0.2, 0.25) is 0 Å². The highest BCUT2D eigenvalue weighted by atomic mass is 16.6. The molecule has 0 aliphatic heterocycles. The van der Waals surface area contributed by atoms with E-state index in [1.165, 1.54) is 32.1 Å². The topological polar surface area (TPSA) is 78.9 Å². The van der Waals surface area contributed by atoms with E-state index in [4.69, 9.17) is 14.2 Å². The molecule has 0 saturated heterocycles. The van der Waals surface area contributed by atoms with Crippen molar-refractivity contribution in [2.24, 2.45) is 0 Å². The lowest BCUT2D eigenvalue weighted by atomic mass is 10.1. The minimum absolute atomic E-state index is 0.116. The van der Waals surface area contributed by atoms with Gasteiger partial charge in [0.25, 0.3) is 0 Å². The molecule has 0 aliphatic carbocycles. The van der Waals surface area contributed by atoms with Crippen LogP contribution in [0.4, 0.5) is 0 Å². The molecule has 6 heteroatoms. The molecule has 0 rings (SSSR count). The van der Waals surface area contributed by atoms with Gasteiger partial charge in [0.2, 0.25) is 0 Å². The quantitative estimate of drug-likeness (QED) is 0.0200. The van der Waals surface area contributed by atoms with Crippen LogP contribution in [-0.4, -0.2) is 37.2 Å². The highest BCUT2D eigenvalue weighted by molar-refractivity contribution is 5.71. The average molecular weight is 845 g/mol. The van der Waals surface area contributed by atoms with Crippen molar-refractivity contribution in [2.75, 3.05) is 13.2 Å². The van der Waals surface area contributed by atoms with Gasteiger partial charge in [0.15, 0.2) is 6.10 Å². The Morgan fingerprint density at radius 3 is 1.20 bits per heavy atom. The van der Waals surface area contributed by atoms with Crippen molar-refractivity contribution in [3.63, 3.8) is 0 Å². The van der Waals surface area contributed by atoms with Gasteiger partial charge in [-0.15, -0.1) is 0 Å². The van der Waals surface area contributed by atoms with Gasteiger partial charge in [-0.2, -0.15) is 0 Å². The summed E-state index contributed by atoms with van der Waals surface area (Å²) in [5.41, 5.74) is 0. The first-order valence-electron chi connectivity index (χ1n) is 24.4. The van der Waals surface area contributed by atoms with Crippen molar-refractivity contribution in [1.29, 1.82) is 0 Å². The van der Waals surface area contributed by atoms with E-state index in [1.54, 1.807) is 0 Å². The minimum atomic E-state index is -0.819. The summed E-state index contributed by atoms with van der Waals surface area (Å²) in [4.78, 5) is 37.8. The summed E-state index contributed by atoms with van der Waals surface area (Å²) < 4.78 is 16.7. The van der Waals surface area contributed by atoms with E-state index in [0.29, 0.717) is 12.8 Å². The van der Waals surface area contributed by atoms with Gasteiger partial charge in [-0.1, -0.05) is 188 Å². The number of hydrogen-bond acceptors (Lipinski definition) is 6. The van der Waals surface area contributed by atoms with Gasteiger partial charge in [-0.25, -0.2) is 0 Å². The summed E-state index contributed by atoms with van der Waals surface area (Å²) in [6.07, 6.45) is 65.1. The molecule has 1 unspecified atom stereocenters. The summed E-state index contributed by atoms with van der Waals surface area (Å²) in [6.45, 7) is 6.28. The molecule has 0 heterocycles. The van der Waals surface area contributed by atoms with Crippen LogP contribution in [-0.2, 0) is 28.6 Å². The van der Waals surface area contributed by atoms with Gasteiger partial charge in [0.05, 0.1) is 0 Å². The summed E-state index contributed by atoms with van der Waals surface area (Å²) in [6, 6.07) is 0. The van der Waals surface area contributed by atoms with E-state index in [-0.39, 0.29) is 44.0 Å². The van der Waals surface area contributed by atoms with Crippen LogP contribution in [0.1, 0.15) is 201 Å². The molecule has 0 bridgehead atoms. The number of carbonyl (C=O) groups excluding carboxylic acids is 3. The number of esters is 3. The summed E-state index contributed by atoms with van der Waals surface area (Å²) in [7, 11) is 0. The van der Waals surface area contributed by atoms with Crippen LogP contribution >= 0.6 is 0 Å². The van der Waals surface area contributed by atoms with Crippen LogP contribution in [0, 0.1) is 0 Å². The van der Waals surface area contributed by atoms with E-state index < -0.39 is 6.10 Å². The molecule has 1 atom stereocenters. The van der Waals surface area contributed by atoms with Gasteiger partial charge >= 0.3 is 17.9 Å². The fraction of sp³-hybridized carbons (Fsp3) is 0.618. The maximum absolute atomic E-state index is 12.7. The highest BCUT2D eigenvalue weighted by Gasteiger charge is 2.19. The first-order chi connectivity index (χ1) is 30.0. The molecule has 0 aliphatic rings. The molecule has 0 spiro atoms. The van der Waals surface area contributed by atoms with E-state index in [9.17, 15) is 14.4 Å². The normalized spacial score (nSPS) is 13.0. The summed E-state index contributed by atoms with van der Waals surface area (Å²) >= 11 is 0. The van der Waals surface area contributed by atoms with Gasteiger partial charge in [0.1, 0.15) is 13.2 Å². The maximum Gasteiger partial charge on any atom is 0.306 e. The smallest absolute Gasteiger partial charge is 0.306 e. The molecule has 0 amide bonds. The number of ether oxygens (including phenoxy) is 3. The van der Waals surface area contributed by atoms with Crippen LogP contribution < -0.4 is 0 Å². The number of rotatable bonds is 42. The zero-order chi connectivity index (χ0) is 44.4. The summed E-state index contributed by atoms with van der Waals surface area (Å²) in [5.74, 6) is -1.02. The molecule has 344 valence electrons. The van der Waals surface area contributed by atoms with Crippen LogP contribution in [0.25, 0.3) is 0 Å². The maximum atomic E-state index is 12.7. The first-order valence-corrected chi connectivity index (χ1v) is 24.4. The molecule has 0 saturated carbocycles. The van der Waals surface area contributed by atoms with Crippen molar-refractivity contribution in [1.82, 2.24) is 0 Å². The van der Waals surface area contributed by atoms with E-state index in [2.05, 4.69) is 130 Å². The molecule has 6 nitrogen and oxygen atoms in total. The fourth-order valence-corrected chi connectivity index (χ4v) is 6.19. The summed E-state index contributed by atoms with van der Waals surface area (Å²) in [5, 5.41) is 0. The largest absolute Gasteiger partial charge is 0.462 e. The number of carbonyl (C=O) groups is 3. The lowest BCUT2D eigenvalue weighted by Gasteiger charge is -2.18. The SMILES string of the molecule is CC/C=C\C/C=C\C/C=C\CCCCCCC(=O)OC(COC(=O)CCC/C=C\C/C=C\C/C=C\CC)COC(=O)CCCCCCC\C=C/C=C\C=C/CCCCCCC. The molecule has 0 fully saturated rings. The fourth-order valence-electron chi connectivity index (χ4n) is 6.19. The Hall–Kier alpha value is -3.93. The molecule has 0 radical (unpaired) electrons. The van der Waals surface area contributed by atoms with Crippen molar-refractivity contribution in [3.05, 3.63) is 109 Å². The van der Waals surface area contributed by atoms with Gasteiger partial charge in [-0.05, 0) is 103 Å². The number of unbranched alkanes of at least 4 members (excludes halogenated alkanes) is 15. The van der Waals surface area contributed by atoms with Gasteiger partial charge in [0, 0.05) is 19.3 Å².